The maximum absolute atomic E-state index is 6.14. The first kappa shape index (κ1) is 17.9. The second-order valence-corrected chi connectivity index (χ2v) is 7.60. The van der Waals surface area contributed by atoms with Crippen LogP contribution in [0.2, 0.25) is 0 Å². The maximum Gasteiger partial charge on any atom is 1.00 e. The molecule has 0 amide bonds. The molecular weight excluding hydrogens is 350 g/mol. The molecule has 3 nitrogen and oxygen atoms in total. The van der Waals surface area contributed by atoms with Crippen molar-refractivity contribution in [2.24, 2.45) is 0 Å². The van der Waals surface area contributed by atoms with E-state index in [0.717, 1.165) is 33.4 Å². The number of benzene rings is 4. The molecule has 0 N–H and O–H groups in total. The van der Waals surface area contributed by atoms with Gasteiger partial charge in [0.1, 0.15) is 0 Å². The largest absolute Gasteiger partial charge is 1.00 e. The summed E-state index contributed by atoms with van der Waals surface area (Å²) in [6.07, 6.45) is 0. The van der Waals surface area contributed by atoms with E-state index in [1.807, 2.05) is 12.1 Å². The minimum atomic E-state index is -2.29. The van der Waals surface area contributed by atoms with Crippen LogP contribution in [0.25, 0.3) is 32.7 Å². The van der Waals surface area contributed by atoms with Gasteiger partial charge in [0, 0.05) is 11.1 Å². The Kier molecular flexibility index (Phi) is 4.99. The molecule has 0 atom stereocenters. The Hall–Kier alpha value is -1.51. The summed E-state index contributed by atoms with van der Waals surface area (Å²) in [5, 5.41) is 4.68. The van der Waals surface area contributed by atoms with Gasteiger partial charge in [0.05, 0.1) is 11.5 Å². The van der Waals surface area contributed by atoms with Crippen LogP contribution in [-0.2, 0) is 3.79 Å². The van der Waals surface area contributed by atoms with Crippen LogP contribution in [0.4, 0.5) is 0 Å². The van der Waals surface area contributed by atoms with E-state index < -0.39 is 15.1 Å². The molecule has 4 aromatic rings. The van der Waals surface area contributed by atoms with Gasteiger partial charge in [0.15, 0.2) is 0 Å². The van der Waals surface area contributed by atoms with Gasteiger partial charge in [0.25, 0.3) is 0 Å². The van der Waals surface area contributed by atoms with Gasteiger partial charge < -0.3 is 11.4 Å². The first-order valence-corrected chi connectivity index (χ1v) is 9.66. The molecule has 0 bridgehead atoms. The summed E-state index contributed by atoms with van der Waals surface area (Å²) in [6.45, 7) is 0. The van der Waals surface area contributed by atoms with Crippen LogP contribution in [0.1, 0.15) is 0 Å². The Morgan fingerprint density at radius 1 is 0.654 bits per heavy atom. The van der Waals surface area contributed by atoms with Crippen molar-refractivity contribution in [2.75, 3.05) is 7.11 Å². The van der Waals surface area contributed by atoms with Crippen molar-refractivity contribution in [1.82, 2.24) is 0 Å². The fourth-order valence-corrected chi connectivity index (χ4v) is 4.59. The second kappa shape index (κ2) is 7.25. The number of hydrogen-bond acceptors (Lipinski definition) is 3. The molecule has 0 aromatic heterocycles. The van der Waals surface area contributed by atoms with Crippen LogP contribution in [0, 0.1) is 0 Å². The molecule has 0 saturated carbocycles. The van der Waals surface area contributed by atoms with Crippen molar-refractivity contribution in [3.63, 3.8) is 0 Å². The summed E-state index contributed by atoms with van der Waals surface area (Å²) in [5.74, 6) is 1.65. The van der Waals surface area contributed by atoms with Crippen LogP contribution in [-0.4, -0.2) is 22.3 Å². The van der Waals surface area contributed by atoms with Gasteiger partial charge in [-0.05, 0) is 40.8 Å². The third-order valence-corrected chi connectivity index (χ3v) is 5.95. The quantitative estimate of drug-likeness (QED) is 0.484. The molecule has 1 aliphatic rings. The predicted octanol–water partition coefficient (Wildman–Crippen LogP) is 2.07. The third kappa shape index (κ3) is 2.84. The minimum absolute atomic E-state index is 0. The summed E-state index contributed by atoms with van der Waals surface area (Å²) in [4.78, 5) is 0. The van der Waals surface area contributed by atoms with Crippen molar-refractivity contribution < 1.29 is 40.9 Å². The van der Waals surface area contributed by atoms with Crippen molar-refractivity contribution >= 4 is 36.7 Å². The predicted molar refractivity (Wildman–Crippen MR) is 101 cm³/mol. The van der Waals surface area contributed by atoms with E-state index in [2.05, 4.69) is 60.7 Å². The Morgan fingerprint density at radius 2 is 1.12 bits per heavy atom. The molecule has 0 aliphatic carbocycles. The molecule has 5 heteroatoms. The van der Waals surface area contributed by atoms with E-state index in [0.29, 0.717) is 0 Å². The summed E-state index contributed by atoms with van der Waals surface area (Å²) in [6, 6.07) is 25.0. The van der Waals surface area contributed by atoms with Crippen molar-refractivity contribution in [3.8, 4) is 22.6 Å². The molecule has 26 heavy (non-hydrogen) atoms. The normalized spacial score (nSPS) is 13.1. The van der Waals surface area contributed by atoms with E-state index >= 15 is 0 Å². The average Bonchev–Trinajstić information content (AvgIpc) is 2.84. The van der Waals surface area contributed by atoms with Gasteiger partial charge in [-0.2, -0.15) is 0 Å². The maximum atomic E-state index is 6.14. The van der Waals surface area contributed by atoms with Crippen molar-refractivity contribution in [2.45, 2.75) is 0 Å². The topological polar surface area (TPSA) is 27.7 Å². The Morgan fingerprint density at radius 3 is 1.58 bits per heavy atom. The van der Waals surface area contributed by atoms with Gasteiger partial charge in [-0.1, -0.05) is 60.7 Å². The standard InChI is InChI=1S/C20H14O2.CH3O.Al.Na/c21-17-11-9-13-5-1-3-7-15(13)19(17)20-16-8-4-2-6-14(16)10-12-18(20)22;1-2;;/h1-12,21-22H;1H3;;/q;-1;+2;+1/p-2. The molecule has 0 spiro atoms. The van der Waals surface area contributed by atoms with Crippen molar-refractivity contribution in [3.05, 3.63) is 72.8 Å². The Bertz CT molecular complexity index is 1030. The molecule has 5 rings (SSSR count). The van der Waals surface area contributed by atoms with Gasteiger partial charge in [-0.15, -0.1) is 0 Å². The minimum Gasteiger partial charge on any atom is -0.764 e. The van der Waals surface area contributed by atoms with Gasteiger partial charge in [0.2, 0.25) is 0 Å². The molecule has 1 radical (unpaired) electrons. The summed E-state index contributed by atoms with van der Waals surface area (Å²) >= 11 is -2.29. The van der Waals surface area contributed by atoms with E-state index in [-0.39, 0.29) is 29.6 Å². The molecule has 0 fully saturated rings. The van der Waals surface area contributed by atoms with E-state index in [1.165, 1.54) is 10.8 Å². The summed E-state index contributed by atoms with van der Waals surface area (Å²) < 4.78 is 17.8. The van der Waals surface area contributed by atoms with Crippen LogP contribution < -0.4 is 37.1 Å². The molecule has 1 aliphatic heterocycles. The van der Waals surface area contributed by atoms with Crippen LogP contribution >= 0.6 is 0 Å². The molecular formula is C21H15AlNaO3. The first-order chi connectivity index (χ1) is 12.3. The van der Waals surface area contributed by atoms with E-state index in [9.17, 15) is 0 Å². The molecule has 1 heterocycles. The Labute approximate surface area is 179 Å². The number of fused-ring (bicyclic) bond motifs is 7. The SMILES string of the molecule is C[O][Al-]1[O]c2ccc3ccccc3c2-c2c(ccc3ccccc23)[O]1.[Na+]. The van der Waals surface area contributed by atoms with Gasteiger partial charge >= 0.3 is 44.7 Å². The van der Waals surface area contributed by atoms with E-state index in [1.54, 1.807) is 7.11 Å². The zero-order chi connectivity index (χ0) is 16.8. The van der Waals surface area contributed by atoms with Gasteiger partial charge in [-0.25, -0.2) is 0 Å². The summed E-state index contributed by atoms with van der Waals surface area (Å²) in [7, 11) is 1.64. The Balaban J connectivity index is 0.00000168. The van der Waals surface area contributed by atoms with Gasteiger partial charge in [-0.3, -0.25) is 0 Å². The molecule has 121 valence electrons. The monoisotopic (exact) mass is 365 g/mol. The molecule has 0 saturated heterocycles. The van der Waals surface area contributed by atoms with Crippen molar-refractivity contribution in [1.29, 1.82) is 0 Å². The average molecular weight is 365 g/mol. The fourth-order valence-electron chi connectivity index (χ4n) is 3.54. The van der Waals surface area contributed by atoms with Crippen LogP contribution in [0.3, 0.4) is 0 Å². The van der Waals surface area contributed by atoms with Crippen LogP contribution in [0.15, 0.2) is 72.8 Å². The molecule has 4 aromatic carbocycles. The first-order valence-electron chi connectivity index (χ1n) is 8.25. The number of rotatable bonds is 1. The molecule has 0 unspecified atom stereocenters. The summed E-state index contributed by atoms with van der Waals surface area (Å²) in [5.41, 5.74) is 2.16. The van der Waals surface area contributed by atoms with E-state index in [4.69, 9.17) is 11.4 Å². The fraction of sp³-hybridized carbons (Fsp3) is 0.0476. The number of hydrogen-bond donors (Lipinski definition) is 0. The zero-order valence-electron chi connectivity index (χ0n) is 14.7. The second-order valence-electron chi connectivity index (χ2n) is 6.08. The third-order valence-electron chi connectivity index (χ3n) is 4.67. The zero-order valence-corrected chi connectivity index (χ0v) is 17.9. The van der Waals surface area contributed by atoms with Crippen LogP contribution in [0.5, 0.6) is 11.5 Å². The smallest absolute Gasteiger partial charge is 0.764 e.